The predicted octanol–water partition coefficient (Wildman–Crippen LogP) is 0.956. The molecule has 0 bridgehead atoms. The largest absolute Gasteiger partial charge is 0.394 e. The van der Waals surface area contributed by atoms with E-state index in [2.05, 4.69) is 40.1 Å². The van der Waals surface area contributed by atoms with Gasteiger partial charge in [-0.1, -0.05) is 37.8 Å². The lowest BCUT2D eigenvalue weighted by molar-refractivity contribution is -0.142. The number of carbonyl (C=O) groups excluding carboxylic acids is 4. The fraction of sp³-hybridized carbons (Fsp3) is 0.583. The maximum absolute atomic E-state index is 13.5. The van der Waals surface area contributed by atoms with Crippen molar-refractivity contribution >= 4 is 42.7 Å². The van der Waals surface area contributed by atoms with Gasteiger partial charge in [-0.15, -0.1) is 0 Å². The van der Waals surface area contributed by atoms with Crippen molar-refractivity contribution in [3.8, 4) is 0 Å². The van der Waals surface area contributed by atoms with Gasteiger partial charge in [0.15, 0.2) is 0 Å². The van der Waals surface area contributed by atoms with Crippen LogP contribution in [-0.2, 0) is 19.2 Å². The summed E-state index contributed by atoms with van der Waals surface area (Å²) in [6.07, 6.45) is 12.5. The molecule has 10 nitrogen and oxygen atoms in total. The van der Waals surface area contributed by atoms with Crippen LogP contribution in [0.2, 0.25) is 0 Å². The summed E-state index contributed by atoms with van der Waals surface area (Å²) in [4.78, 5) is 57.1. The smallest absolute Gasteiger partial charge is 0.302 e. The number of amides is 4. The quantitative estimate of drug-likeness (QED) is 0.127. The van der Waals surface area contributed by atoms with Crippen molar-refractivity contribution in [2.75, 3.05) is 13.6 Å². The summed E-state index contributed by atoms with van der Waals surface area (Å²) < 4.78 is 2.27. The van der Waals surface area contributed by atoms with E-state index in [9.17, 15) is 19.2 Å². The summed E-state index contributed by atoms with van der Waals surface area (Å²) in [6.45, 7) is 4.34. The Morgan fingerprint density at radius 3 is 2.69 bits per heavy atom. The Bertz CT molecular complexity index is 874. The molecule has 3 atom stereocenters. The summed E-state index contributed by atoms with van der Waals surface area (Å²) in [6, 6.07) is -1.59. The van der Waals surface area contributed by atoms with E-state index in [0.29, 0.717) is 32.2 Å². The van der Waals surface area contributed by atoms with Crippen LogP contribution in [0.1, 0.15) is 57.8 Å². The summed E-state index contributed by atoms with van der Waals surface area (Å²) in [5.41, 5.74) is 4.33. The molecular formula is C24H37N6O4S+. The van der Waals surface area contributed by atoms with E-state index in [0.717, 1.165) is 25.7 Å². The summed E-state index contributed by atoms with van der Waals surface area (Å²) >= 11 is 3.85. The molecule has 2 aliphatic heterocycles. The highest BCUT2D eigenvalue weighted by molar-refractivity contribution is 7.78. The maximum Gasteiger partial charge on any atom is 0.302 e. The summed E-state index contributed by atoms with van der Waals surface area (Å²) in [5.74, 6) is -1.89. The SMILES string of the molecule is [CH2+][C@@]1(C(=O)NS)CC/C=C\CCCCC[C@H](NC(=O)/C(N)=C/C=NC)C(=O)N2CCC[C@H]2C(=O)N1. The van der Waals surface area contributed by atoms with E-state index in [4.69, 9.17) is 5.73 Å². The third-order valence-electron chi connectivity index (χ3n) is 6.27. The van der Waals surface area contributed by atoms with Gasteiger partial charge in [-0.3, -0.25) is 28.9 Å². The number of nitrogens with one attached hydrogen (secondary N) is 3. The lowest BCUT2D eigenvalue weighted by Gasteiger charge is -2.30. The lowest BCUT2D eigenvalue weighted by atomic mass is 9.93. The molecule has 0 aromatic heterocycles. The fourth-order valence-electron chi connectivity index (χ4n) is 4.24. The van der Waals surface area contributed by atoms with Crippen molar-refractivity contribution in [1.29, 1.82) is 0 Å². The van der Waals surface area contributed by atoms with Crippen LogP contribution in [0.5, 0.6) is 0 Å². The molecule has 1 saturated heterocycles. The highest BCUT2D eigenvalue weighted by atomic mass is 32.1. The molecule has 5 N–H and O–H groups in total. The molecule has 192 valence electrons. The number of allylic oxidation sites excluding steroid dienone is 3. The average Bonchev–Trinajstić information content (AvgIpc) is 3.34. The van der Waals surface area contributed by atoms with E-state index >= 15 is 0 Å². The Balaban J connectivity index is 2.30. The van der Waals surface area contributed by atoms with E-state index < -0.39 is 35.3 Å². The first-order chi connectivity index (χ1) is 16.7. The zero-order valence-corrected chi connectivity index (χ0v) is 21.2. The molecule has 0 aromatic carbocycles. The van der Waals surface area contributed by atoms with Crippen molar-refractivity contribution in [2.45, 2.75) is 75.4 Å². The van der Waals surface area contributed by atoms with Crippen LogP contribution >= 0.6 is 12.8 Å². The van der Waals surface area contributed by atoms with Crippen molar-refractivity contribution in [2.24, 2.45) is 10.7 Å². The van der Waals surface area contributed by atoms with Gasteiger partial charge < -0.3 is 21.3 Å². The number of thiol groups is 1. The van der Waals surface area contributed by atoms with E-state index in [1.165, 1.54) is 17.2 Å². The van der Waals surface area contributed by atoms with Crippen LogP contribution in [0, 0.1) is 6.92 Å². The molecule has 35 heavy (non-hydrogen) atoms. The second-order valence-corrected chi connectivity index (χ2v) is 9.13. The minimum Gasteiger partial charge on any atom is -0.394 e. The Hall–Kier alpha value is -2.95. The zero-order valence-electron chi connectivity index (χ0n) is 20.3. The maximum atomic E-state index is 13.5. The van der Waals surface area contributed by atoms with Gasteiger partial charge in [0.25, 0.3) is 11.4 Å². The van der Waals surface area contributed by atoms with Gasteiger partial charge in [-0.2, -0.15) is 0 Å². The van der Waals surface area contributed by atoms with Crippen molar-refractivity contribution < 1.29 is 19.2 Å². The van der Waals surface area contributed by atoms with Gasteiger partial charge in [0.1, 0.15) is 12.1 Å². The molecule has 2 aliphatic rings. The van der Waals surface area contributed by atoms with Gasteiger partial charge >= 0.3 is 5.91 Å². The molecule has 0 saturated carbocycles. The summed E-state index contributed by atoms with van der Waals surface area (Å²) in [5, 5.41) is 5.48. The molecule has 1 fully saturated rings. The molecule has 0 radical (unpaired) electrons. The van der Waals surface area contributed by atoms with Crippen LogP contribution in [0.25, 0.3) is 0 Å². The number of carbonyl (C=O) groups is 4. The number of hydrogen-bond donors (Lipinski definition) is 5. The van der Waals surface area contributed by atoms with E-state index in [-0.39, 0.29) is 18.0 Å². The van der Waals surface area contributed by atoms with E-state index in [1.54, 1.807) is 7.05 Å². The Labute approximate surface area is 212 Å². The number of aliphatic imine (C=N–C) groups is 1. The van der Waals surface area contributed by atoms with Crippen molar-refractivity contribution in [3.63, 3.8) is 0 Å². The van der Waals surface area contributed by atoms with Gasteiger partial charge in [0.05, 0.1) is 12.6 Å². The normalized spacial score (nSPS) is 28.3. The third kappa shape index (κ3) is 8.05. The molecule has 2 heterocycles. The molecule has 4 amide bonds. The van der Waals surface area contributed by atoms with Crippen molar-refractivity contribution in [3.05, 3.63) is 30.8 Å². The Morgan fingerprint density at radius 1 is 1.23 bits per heavy atom. The van der Waals surface area contributed by atoms with Gasteiger partial charge in [-0.05, 0) is 44.6 Å². The molecule has 0 unspecified atom stereocenters. The predicted molar refractivity (Wildman–Crippen MR) is 138 cm³/mol. The summed E-state index contributed by atoms with van der Waals surface area (Å²) in [7, 11) is 1.56. The average molecular weight is 506 g/mol. The van der Waals surface area contributed by atoms with Gasteiger partial charge in [0.2, 0.25) is 11.8 Å². The first kappa shape index (κ1) is 28.3. The van der Waals surface area contributed by atoms with Crippen molar-refractivity contribution in [1.82, 2.24) is 20.3 Å². The second-order valence-electron chi connectivity index (χ2n) is 8.91. The van der Waals surface area contributed by atoms with Crippen LogP contribution in [0.3, 0.4) is 0 Å². The lowest BCUT2D eigenvalue weighted by Crippen LogP contribution is -2.60. The highest BCUT2D eigenvalue weighted by Gasteiger charge is 2.45. The molecule has 0 aromatic rings. The zero-order chi connectivity index (χ0) is 25.8. The number of fused-ring (bicyclic) bond motifs is 1. The number of rotatable bonds is 4. The van der Waals surface area contributed by atoms with Crippen LogP contribution in [0.15, 0.2) is 28.9 Å². The highest BCUT2D eigenvalue weighted by Crippen LogP contribution is 2.23. The topological polar surface area (TPSA) is 146 Å². The molecule has 2 rings (SSSR count). The van der Waals surface area contributed by atoms with Crippen LogP contribution in [-0.4, -0.2) is 66.0 Å². The monoisotopic (exact) mass is 505 g/mol. The Morgan fingerprint density at radius 2 is 1.97 bits per heavy atom. The third-order valence-corrected chi connectivity index (χ3v) is 6.48. The molecule has 11 heteroatoms. The standard InChI is InChI=1S/C24H36N6O4S/c1-24(23(34)29-35)14-9-7-5-3-4-6-8-11-18(27-20(31)17(25)13-15-26-2)22(33)30-16-10-12-19(30)21(32)28-24/h5,7,13,15,18-19H,1,3-4,6,8-12,14,16H2,2H3,(H5-,25,26,27,28,29,31,32,34,35)/p+1/b7-5-/t18-,19-,24-/m0/s1. The molecular weight excluding hydrogens is 468 g/mol. The molecule has 0 aliphatic carbocycles. The van der Waals surface area contributed by atoms with Gasteiger partial charge in [-0.25, -0.2) is 0 Å². The van der Waals surface area contributed by atoms with Crippen LogP contribution in [0.4, 0.5) is 0 Å². The number of nitrogens with zero attached hydrogens (tertiary/aromatic N) is 2. The first-order valence-electron chi connectivity index (χ1n) is 12.0. The van der Waals surface area contributed by atoms with Crippen LogP contribution < -0.4 is 21.1 Å². The number of nitrogens with two attached hydrogens (primary N) is 1. The number of hydrogen-bond acceptors (Lipinski definition) is 7. The first-order valence-corrected chi connectivity index (χ1v) is 12.4. The second kappa shape index (κ2) is 13.8. The van der Waals surface area contributed by atoms with E-state index in [1.807, 2.05) is 12.2 Å². The fourth-order valence-corrected chi connectivity index (χ4v) is 4.46. The Kier molecular flexibility index (Phi) is 11.2. The molecule has 0 spiro atoms. The van der Waals surface area contributed by atoms with Gasteiger partial charge in [0, 0.05) is 26.2 Å². The minimum absolute atomic E-state index is 0.0593. The minimum atomic E-state index is -1.43.